The molecule has 1 aliphatic heterocycles. The summed E-state index contributed by atoms with van der Waals surface area (Å²) in [4.78, 5) is 31.9. The van der Waals surface area contributed by atoms with Gasteiger partial charge in [-0.3, -0.25) is 14.5 Å². The van der Waals surface area contributed by atoms with Gasteiger partial charge in [0.05, 0.1) is 6.42 Å². The van der Waals surface area contributed by atoms with Crippen molar-refractivity contribution in [1.29, 1.82) is 0 Å². The summed E-state index contributed by atoms with van der Waals surface area (Å²) in [7, 11) is 1.46. The fourth-order valence-corrected chi connectivity index (χ4v) is 1.73. The SMILES string of the molecule is Cc1cnc(Cl)nc1NC1CC(=O)N(C)C1=O. The van der Waals surface area contributed by atoms with Crippen LogP contribution in [0.25, 0.3) is 0 Å². The van der Waals surface area contributed by atoms with Crippen molar-refractivity contribution in [3.05, 3.63) is 17.0 Å². The number of aromatic nitrogens is 2. The van der Waals surface area contributed by atoms with Crippen LogP contribution < -0.4 is 5.32 Å². The molecule has 2 rings (SSSR count). The molecule has 90 valence electrons. The van der Waals surface area contributed by atoms with Crippen molar-refractivity contribution in [2.24, 2.45) is 0 Å². The van der Waals surface area contributed by atoms with Gasteiger partial charge in [-0.2, -0.15) is 0 Å². The lowest BCUT2D eigenvalue weighted by Gasteiger charge is -2.13. The maximum atomic E-state index is 11.7. The molecule has 1 N–H and O–H groups in total. The predicted octanol–water partition coefficient (Wildman–Crippen LogP) is 0.608. The van der Waals surface area contributed by atoms with Crippen LogP contribution in [0.15, 0.2) is 6.20 Å². The van der Waals surface area contributed by atoms with Crippen molar-refractivity contribution in [3.63, 3.8) is 0 Å². The van der Waals surface area contributed by atoms with Gasteiger partial charge in [-0.25, -0.2) is 9.97 Å². The number of nitrogens with zero attached hydrogens (tertiary/aromatic N) is 3. The summed E-state index contributed by atoms with van der Waals surface area (Å²) in [6.07, 6.45) is 1.69. The smallest absolute Gasteiger partial charge is 0.251 e. The molecule has 1 aliphatic rings. The van der Waals surface area contributed by atoms with E-state index in [-0.39, 0.29) is 23.5 Å². The van der Waals surface area contributed by atoms with Crippen LogP contribution in [0.4, 0.5) is 5.82 Å². The van der Waals surface area contributed by atoms with Gasteiger partial charge >= 0.3 is 0 Å². The highest BCUT2D eigenvalue weighted by Gasteiger charge is 2.36. The number of hydrogen-bond donors (Lipinski definition) is 1. The Morgan fingerprint density at radius 3 is 2.82 bits per heavy atom. The van der Waals surface area contributed by atoms with Crippen LogP contribution in [0, 0.1) is 6.92 Å². The number of nitrogens with one attached hydrogen (secondary N) is 1. The predicted molar refractivity (Wildman–Crippen MR) is 61.6 cm³/mol. The number of halogens is 1. The minimum Gasteiger partial charge on any atom is -0.358 e. The van der Waals surface area contributed by atoms with E-state index in [1.54, 1.807) is 13.1 Å². The second-order valence-electron chi connectivity index (χ2n) is 3.86. The van der Waals surface area contributed by atoms with E-state index in [4.69, 9.17) is 11.6 Å². The number of carbonyl (C=O) groups is 2. The summed E-state index contributed by atoms with van der Waals surface area (Å²) in [5.74, 6) is 0.0147. The second-order valence-corrected chi connectivity index (χ2v) is 4.20. The van der Waals surface area contributed by atoms with Crippen molar-refractivity contribution >= 4 is 29.2 Å². The Labute approximate surface area is 103 Å². The van der Waals surface area contributed by atoms with Crippen molar-refractivity contribution < 1.29 is 9.59 Å². The Hall–Kier alpha value is -1.69. The van der Waals surface area contributed by atoms with Crippen molar-refractivity contribution in [1.82, 2.24) is 14.9 Å². The summed E-state index contributed by atoms with van der Waals surface area (Å²) in [6.45, 7) is 1.80. The van der Waals surface area contributed by atoms with Crippen LogP contribution in [0.3, 0.4) is 0 Å². The molecule has 1 aromatic rings. The van der Waals surface area contributed by atoms with Crippen LogP contribution in [-0.2, 0) is 9.59 Å². The lowest BCUT2D eigenvalue weighted by molar-refractivity contribution is -0.136. The van der Waals surface area contributed by atoms with E-state index in [0.717, 1.165) is 10.5 Å². The number of hydrogen-bond acceptors (Lipinski definition) is 5. The van der Waals surface area contributed by atoms with Gasteiger partial charge in [-0.05, 0) is 18.5 Å². The molecule has 0 saturated carbocycles. The molecule has 1 atom stereocenters. The average Bonchev–Trinajstić information content (AvgIpc) is 2.52. The molecule has 1 aromatic heterocycles. The molecule has 2 amide bonds. The van der Waals surface area contributed by atoms with Crippen LogP contribution in [0.2, 0.25) is 5.28 Å². The zero-order valence-electron chi connectivity index (χ0n) is 9.40. The summed E-state index contributed by atoms with van der Waals surface area (Å²) in [5.41, 5.74) is 0.768. The van der Waals surface area contributed by atoms with Gasteiger partial charge < -0.3 is 5.32 Å². The van der Waals surface area contributed by atoms with Crippen LogP contribution >= 0.6 is 11.6 Å². The number of imide groups is 1. The number of amides is 2. The fraction of sp³-hybridized carbons (Fsp3) is 0.400. The van der Waals surface area contributed by atoms with Gasteiger partial charge in [0.1, 0.15) is 11.9 Å². The zero-order chi connectivity index (χ0) is 12.6. The molecular formula is C10H11ClN4O2. The van der Waals surface area contributed by atoms with Gasteiger partial charge in [-0.1, -0.05) is 0 Å². The quantitative estimate of drug-likeness (QED) is 0.618. The van der Waals surface area contributed by atoms with Gasteiger partial charge in [0.25, 0.3) is 5.91 Å². The molecule has 0 bridgehead atoms. The first-order valence-corrected chi connectivity index (χ1v) is 5.43. The molecule has 6 nitrogen and oxygen atoms in total. The van der Waals surface area contributed by atoms with E-state index in [2.05, 4.69) is 15.3 Å². The summed E-state index contributed by atoms with van der Waals surface area (Å²) >= 11 is 5.67. The maximum Gasteiger partial charge on any atom is 0.251 e. The summed E-state index contributed by atoms with van der Waals surface area (Å²) in [5, 5.41) is 3.01. The fourth-order valence-electron chi connectivity index (χ4n) is 1.60. The number of likely N-dealkylation sites (N-methyl/N-ethyl adjacent to an activating group) is 1. The molecule has 2 heterocycles. The first kappa shape index (κ1) is 11.8. The Morgan fingerprint density at radius 1 is 1.53 bits per heavy atom. The highest BCUT2D eigenvalue weighted by Crippen LogP contribution is 2.19. The average molecular weight is 255 g/mol. The van der Waals surface area contributed by atoms with E-state index in [1.807, 2.05) is 0 Å². The van der Waals surface area contributed by atoms with Crippen molar-refractivity contribution in [2.45, 2.75) is 19.4 Å². The molecule has 0 spiro atoms. The summed E-state index contributed by atoms with van der Waals surface area (Å²) < 4.78 is 0. The minimum atomic E-state index is -0.572. The largest absolute Gasteiger partial charge is 0.358 e. The Balaban J connectivity index is 2.19. The van der Waals surface area contributed by atoms with Gasteiger partial charge in [0.2, 0.25) is 11.2 Å². The Morgan fingerprint density at radius 2 is 2.24 bits per heavy atom. The monoisotopic (exact) mass is 254 g/mol. The molecule has 1 fully saturated rings. The minimum absolute atomic E-state index is 0.100. The maximum absolute atomic E-state index is 11.7. The standard InChI is InChI=1S/C10H11ClN4O2/c1-5-4-12-10(11)14-8(5)13-6-3-7(16)15(2)9(6)17/h4,6H,3H2,1-2H3,(H,12,13,14). The first-order chi connectivity index (χ1) is 7.99. The highest BCUT2D eigenvalue weighted by molar-refractivity contribution is 6.28. The number of carbonyl (C=O) groups excluding carboxylic acids is 2. The molecule has 0 aromatic carbocycles. The van der Waals surface area contributed by atoms with E-state index < -0.39 is 6.04 Å². The number of aryl methyl sites for hydroxylation is 1. The first-order valence-electron chi connectivity index (χ1n) is 5.05. The van der Waals surface area contributed by atoms with Gasteiger partial charge in [0.15, 0.2) is 0 Å². The molecule has 17 heavy (non-hydrogen) atoms. The normalized spacial score (nSPS) is 19.9. The zero-order valence-corrected chi connectivity index (χ0v) is 10.2. The molecule has 0 aliphatic carbocycles. The van der Waals surface area contributed by atoms with E-state index >= 15 is 0 Å². The third-order valence-electron chi connectivity index (χ3n) is 2.63. The van der Waals surface area contributed by atoms with E-state index in [1.165, 1.54) is 7.05 Å². The third kappa shape index (κ3) is 2.21. The van der Waals surface area contributed by atoms with Crippen molar-refractivity contribution in [2.75, 3.05) is 12.4 Å². The van der Waals surface area contributed by atoms with Crippen LogP contribution in [0.1, 0.15) is 12.0 Å². The van der Waals surface area contributed by atoms with Crippen molar-refractivity contribution in [3.8, 4) is 0 Å². The Bertz CT molecular complexity index is 491. The molecule has 7 heteroatoms. The molecule has 1 unspecified atom stereocenters. The van der Waals surface area contributed by atoms with Crippen LogP contribution in [-0.4, -0.2) is 39.8 Å². The molecule has 1 saturated heterocycles. The lowest BCUT2D eigenvalue weighted by atomic mass is 10.2. The van der Waals surface area contributed by atoms with Gasteiger partial charge in [0, 0.05) is 18.8 Å². The second kappa shape index (κ2) is 4.29. The van der Waals surface area contributed by atoms with Crippen LogP contribution in [0.5, 0.6) is 0 Å². The molecule has 0 radical (unpaired) electrons. The lowest BCUT2D eigenvalue weighted by Crippen LogP contribution is -2.32. The highest BCUT2D eigenvalue weighted by atomic mass is 35.5. The van der Waals surface area contributed by atoms with E-state index in [9.17, 15) is 9.59 Å². The number of likely N-dealkylation sites (tertiary alicyclic amines) is 1. The molecular weight excluding hydrogens is 244 g/mol. The number of rotatable bonds is 2. The Kier molecular flexibility index (Phi) is 2.97. The topological polar surface area (TPSA) is 75.2 Å². The number of anilines is 1. The van der Waals surface area contributed by atoms with Gasteiger partial charge in [-0.15, -0.1) is 0 Å². The third-order valence-corrected chi connectivity index (χ3v) is 2.82. The summed E-state index contributed by atoms with van der Waals surface area (Å²) in [6, 6.07) is -0.572. The van der Waals surface area contributed by atoms with E-state index in [0.29, 0.717) is 5.82 Å².